The van der Waals surface area contributed by atoms with E-state index < -0.39 is 43.0 Å². The largest absolute Gasteiger partial charge is 0.490 e. The molecule has 4 heterocycles. The summed E-state index contributed by atoms with van der Waals surface area (Å²) in [4.78, 5) is 22.3. The molecule has 2 atom stereocenters. The number of benzene rings is 3. The van der Waals surface area contributed by atoms with Crippen LogP contribution in [0.3, 0.4) is 0 Å². The Morgan fingerprint density at radius 1 is 1.02 bits per heavy atom. The third-order valence-electron chi connectivity index (χ3n) is 9.17. The van der Waals surface area contributed by atoms with Crippen molar-refractivity contribution in [2.75, 3.05) is 26.6 Å². The summed E-state index contributed by atoms with van der Waals surface area (Å²) in [6, 6.07) is 12.1. The van der Waals surface area contributed by atoms with Gasteiger partial charge in [-0.15, -0.1) is 11.3 Å². The summed E-state index contributed by atoms with van der Waals surface area (Å²) in [5.41, 5.74) is 3.67. The van der Waals surface area contributed by atoms with Gasteiger partial charge in [-0.25, -0.2) is 14.8 Å². The summed E-state index contributed by atoms with van der Waals surface area (Å²) in [5, 5.41) is 11.3. The molecule has 1 N–H and O–H groups in total. The van der Waals surface area contributed by atoms with Crippen LogP contribution in [0.15, 0.2) is 57.5 Å². The minimum atomic E-state index is -4.21. The molecule has 5 aromatic rings. The Morgan fingerprint density at radius 3 is 2.39 bits per heavy atom. The molecule has 0 aliphatic carbocycles. The van der Waals surface area contributed by atoms with E-state index in [2.05, 4.69) is 45.5 Å². The fourth-order valence-electron chi connectivity index (χ4n) is 6.02. The Balaban J connectivity index is 1.45. The third-order valence-corrected chi connectivity index (χ3v) is 14.8. The van der Waals surface area contributed by atoms with Gasteiger partial charge >= 0.3 is 5.97 Å². The van der Waals surface area contributed by atoms with Gasteiger partial charge in [-0.05, 0) is 89.8 Å². The van der Waals surface area contributed by atoms with Gasteiger partial charge in [-0.2, -0.15) is 8.42 Å². The number of ether oxygens (including phenoxy) is 5. The number of nitrogens with zero attached hydrogens (tertiary/aromatic N) is 2. The van der Waals surface area contributed by atoms with Crippen molar-refractivity contribution in [1.29, 1.82) is 0 Å². The molecule has 2 aromatic heterocycles. The van der Waals surface area contributed by atoms with Crippen molar-refractivity contribution in [2.24, 2.45) is 0 Å². The highest BCUT2D eigenvalue weighted by Gasteiger charge is 2.31. The number of carboxylic acids is 1. The maximum atomic E-state index is 13.3. The highest BCUT2D eigenvalue weighted by atomic mass is 79.9. The lowest BCUT2D eigenvalue weighted by Crippen LogP contribution is -2.32. The molecule has 0 saturated heterocycles. The maximum Gasteiger partial charge on any atom is 0.345 e. The first kappa shape index (κ1) is 43.1. The molecule has 2 aliphatic heterocycles. The van der Waals surface area contributed by atoms with E-state index in [9.17, 15) is 18.3 Å². The Hall–Kier alpha value is -3.48. The second-order valence-corrected chi connectivity index (χ2v) is 25.0. The van der Waals surface area contributed by atoms with Gasteiger partial charge in [-0.1, -0.05) is 60.5 Å². The Bertz CT molecular complexity index is 2380. The van der Waals surface area contributed by atoms with E-state index in [4.69, 9.17) is 51.1 Å². The average molecular weight is 941 g/mol. The van der Waals surface area contributed by atoms with Crippen LogP contribution in [0.5, 0.6) is 23.1 Å². The fourth-order valence-corrected chi connectivity index (χ4v) is 9.95. The van der Waals surface area contributed by atoms with E-state index in [1.807, 2.05) is 6.92 Å². The summed E-state index contributed by atoms with van der Waals surface area (Å²) in [5.74, 6) is -0.454. The average Bonchev–Trinajstić information content (AvgIpc) is 3.49. The summed E-state index contributed by atoms with van der Waals surface area (Å²) < 4.78 is 63.4. The molecule has 3 aromatic carbocycles. The second-order valence-electron chi connectivity index (χ2n) is 14.7. The first-order chi connectivity index (χ1) is 26.9. The summed E-state index contributed by atoms with van der Waals surface area (Å²) in [6.07, 6.45) is -1.36. The lowest BCUT2D eigenvalue weighted by molar-refractivity contribution is -0.145. The molecule has 7 rings (SSSR count). The normalized spacial score (nSPS) is 16.1. The number of aromatic nitrogens is 2. The topological polar surface area (TPSA) is 153 Å². The van der Waals surface area contributed by atoms with Crippen LogP contribution in [0.1, 0.15) is 22.3 Å². The number of carbonyl (C=O) groups is 1. The van der Waals surface area contributed by atoms with Crippen molar-refractivity contribution >= 4 is 84.8 Å². The van der Waals surface area contributed by atoms with E-state index in [-0.39, 0.29) is 46.4 Å². The maximum absolute atomic E-state index is 13.3. The summed E-state index contributed by atoms with van der Waals surface area (Å²) in [6.45, 7) is 11.9. The van der Waals surface area contributed by atoms with Crippen molar-refractivity contribution in [3.8, 4) is 34.3 Å². The number of hydrogen-bond acceptors (Lipinski definition) is 12. The smallest absolute Gasteiger partial charge is 0.345 e. The van der Waals surface area contributed by atoms with E-state index in [1.165, 1.54) is 29.8 Å². The minimum absolute atomic E-state index is 0.0257. The van der Waals surface area contributed by atoms with Crippen LogP contribution < -0.4 is 18.9 Å². The number of carboxylic acid groups (broad SMARTS) is 1. The third kappa shape index (κ3) is 10.0. The predicted octanol–water partition coefficient (Wildman–Crippen LogP) is 9.66. The number of thiophene rings is 1. The minimum Gasteiger partial charge on any atom is -0.490 e. The monoisotopic (exact) mass is 938 g/mol. The number of aliphatic carboxylic acids is 1. The van der Waals surface area contributed by atoms with E-state index in [0.29, 0.717) is 59.9 Å². The molecule has 0 unspecified atom stereocenters. The number of halogens is 3. The summed E-state index contributed by atoms with van der Waals surface area (Å²) in [7, 11) is -5.55. The molecule has 12 nitrogen and oxygen atoms in total. The molecule has 0 saturated carbocycles. The van der Waals surface area contributed by atoms with Gasteiger partial charge in [0, 0.05) is 32.2 Å². The van der Waals surface area contributed by atoms with Gasteiger partial charge in [0.25, 0.3) is 10.1 Å². The lowest BCUT2D eigenvalue weighted by atomic mass is 9.95. The van der Waals surface area contributed by atoms with E-state index >= 15 is 0 Å². The zero-order valence-corrected chi connectivity index (χ0v) is 37.7. The van der Waals surface area contributed by atoms with Crippen molar-refractivity contribution in [3.63, 3.8) is 0 Å². The molecule has 0 fully saturated rings. The van der Waals surface area contributed by atoms with Crippen molar-refractivity contribution < 1.29 is 46.2 Å². The van der Waals surface area contributed by atoms with Crippen molar-refractivity contribution in [3.05, 3.63) is 84.9 Å². The first-order valence-corrected chi connectivity index (χ1v) is 25.3. The molecular formula is C39H41BrCl2N2O10S2Si. The van der Waals surface area contributed by atoms with Crippen LogP contribution in [0.2, 0.25) is 35.7 Å². The molecular weight excluding hydrogens is 899 g/mol. The van der Waals surface area contributed by atoms with Gasteiger partial charge in [-0.3, -0.25) is 4.18 Å². The van der Waals surface area contributed by atoms with Gasteiger partial charge < -0.3 is 28.8 Å². The van der Waals surface area contributed by atoms with E-state index in [0.717, 1.165) is 11.6 Å². The zero-order chi connectivity index (χ0) is 41.2. The van der Waals surface area contributed by atoms with Crippen LogP contribution in [0.25, 0.3) is 21.3 Å². The van der Waals surface area contributed by atoms with Crippen LogP contribution >= 0.6 is 50.5 Å². The fraction of sp³-hybridized carbons (Fsp3) is 0.359. The molecule has 0 radical (unpaired) electrons. The van der Waals surface area contributed by atoms with Gasteiger partial charge in [0.05, 0.1) is 24.1 Å². The number of rotatable bonds is 11. The first-order valence-electron chi connectivity index (χ1n) is 17.8. The molecule has 2 aliphatic rings. The van der Waals surface area contributed by atoms with Crippen LogP contribution in [0, 0.1) is 20.8 Å². The van der Waals surface area contributed by atoms with E-state index in [1.54, 1.807) is 44.2 Å². The molecule has 304 valence electrons. The summed E-state index contributed by atoms with van der Waals surface area (Å²) >= 11 is 19.1. The molecule has 57 heavy (non-hydrogen) atoms. The molecule has 0 spiro atoms. The number of aryl methyl sites for hydroxylation is 1. The Labute approximate surface area is 354 Å². The SMILES string of the molecule is Cc1ccc(S(=O)(=O)OC[C@@H]2COc3ccc(OCOCC[Si](C)(C)C)c(c3)C[C@H](C(=O)O)Oc3ncnc4sc(Br)c(c34)-c3c(C)c(Cl)c(c(Cl)c3C)O2)cc1. The Morgan fingerprint density at radius 2 is 1.72 bits per heavy atom. The number of fused-ring (bicyclic) bond motifs is 7. The predicted molar refractivity (Wildman–Crippen MR) is 226 cm³/mol. The standard InChI is InChI=1S/C39H41BrCl2N2O10S2Si/c1-21-7-10-27(11-8-21)56(47,48)52-18-26-17-50-25-9-12-28(51-20-49-13-14-57(4,5)6)24(15-25)16-29(39(45)46)54-37-32-31(36(40)55-38(32)44-19-43-37)30-22(2)33(41)35(53-26)34(42)23(30)3/h7-12,15,19,26,29H,13-14,16-18,20H2,1-6H3,(H,45,46)/t26-,29+/m0/s1. The molecule has 4 bridgehead atoms. The van der Waals surface area contributed by atoms with Gasteiger partial charge in [0.1, 0.15) is 35.9 Å². The second kappa shape index (κ2) is 17.8. The number of hydrogen-bond donors (Lipinski definition) is 1. The van der Waals surface area contributed by atoms with Crippen LogP contribution in [0.4, 0.5) is 0 Å². The van der Waals surface area contributed by atoms with Crippen LogP contribution in [-0.2, 0) is 30.3 Å². The van der Waals surface area contributed by atoms with Gasteiger partial charge in [0.2, 0.25) is 12.0 Å². The van der Waals surface area contributed by atoms with Crippen molar-refractivity contribution in [2.45, 2.75) is 70.0 Å². The highest BCUT2D eigenvalue weighted by Crippen LogP contribution is 2.52. The quantitative estimate of drug-likeness (QED) is 0.0581. The highest BCUT2D eigenvalue weighted by molar-refractivity contribution is 9.11. The zero-order valence-electron chi connectivity index (χ0n) is 32.0. The van der Waals surface area contributed by atoms with Crippen LogP contribution in [-0.4, -0.2) is 76.4 Å². The lowest BCUT2D eigenvalue weighted by Gasteiger charge is -2.24. The van der Waals surface area contributed by atoms with Crippen molar-refractivity contribution in [1.82, 2.24) is 9.97 Å². The Kier molecular flexibility index (Phi) is 13.5. The molecule has 0 amide bonds. The molecule has 18 heteroatoms. The van der Waals surface area contributed by atoms with Gasteiger partial charge in [0.15, 0.2) is 18.6 Å².